The number of carbonyl (C=O) groups excluding carboxylic acids is 1. The number of halogens is 3. The number of nitrogens with one attached hydrogen (secondary N) is 1. The van der Waals surface area contributed by atoms with Gasteiger partial charge in [-0.25, -0.2) is 0 Å². The van der Waals surface area contributed by atoms with E-state index in [4.69, 9.17) is 0 Å². The number of amides is 1. The van der Waals surface area contributed by atoms with E-state index in [-0.39, 0.29) is 17.9 Å². The molecule has 1 amide bonds. The molecule has 5 rings (SSSR count). The second-order valence-electron chi connectivity index (χ2n) is 9.72. The standard InChI is InChI=1S/C27H30F3N5O/c28-27(29,30)22-6-4-20(5-7-22)23-17-32-33-25(23)24-3-1-2-14-35(24)26(36)21-10-15-34(16-11-21)18-19-8-12-31-13-9-19/h4-9,12-13,17,21,24H,1-3,10-11,14-16,18H2,(H,32,33)/t24-/m0/s1. The highest BCUT2D eigenvalue weighted by Crippen LogP contribution is 2.38. The fourth-order valence-corrected chi connectivity index (χ4v) is 5.43. The third kappa shape index (κ3) is 5.31. The Kier molecular flexibility index (Phi) is 7.09. The van der Waals surface area contributed by atoms with Crippen LogP contribution in [0.3, 0.4) is 0 Å². The lowest BCUT2D eigenvalue weighted by Gasteiger charge is -2.40. The lowest BCUT2D eigenvalue weighted by atomic mass is 9.90. The number of benzene rings is 1. The van der Waals surface area contributed by atoms with Gasteiger partial charge in [0.05, 0.1) is 23.5 Å². The molecule has 0 saturated carbocycles. The van der Waals surface area contributed by atoms with Crippen LogP contribution in [0.5, 0.6) is 0 Å². The van der Waals surface area contributed by atoms with Gasteiger partial charge in [-0.2, -0.15) is 18.3 Å². The highest BCUT2D eigenvalue weighted by molar-refractivity contribution is 5.80. The van der Waals surface area contributed by atoms with E-state index < -0.39 is 11.7 Å². The summed E-state index contributed by atoms with van der Waals surface area (Å²) in [7, 11) is 0. The van der Waals surface area contributed by atoms with E-state index >= 15 is 0 Å². The van der Waals surface area contributed by atoms with Crippen molar-refractivity contribution < 1.29 is 18.0 Å². The molecule has 1 aromatic carbocycles. The Labute approximate surface area is 208 Å². The monoisotopic (exact) mass is 497 g/mol. The number of H-pyrrole nitrogens is 1. The van der Waals surface area contributed by atoms with Gasteiger partial charge in [0.1, 0.15) is 0 Å². The summed E-state index contributed by atoms with van der Waals surface area (Å²) >= 11 is 0. The Bertz CT molecular complexity index is 1150. The summed E-state index contributed by atoms with van der Waals surface area (Å²) in [6.45, 7) is 3.29. The zero-order chi connectivity index (χ0) is 25.1. The maximum Gasteiger partial charge on any atom is 0.416 e. The molecule has 3 aromatic rings. The molecule has 2 aliphatic rings. The highest BCUT2D eigenvalue weighted by Gasteiger charge is 2.36. The third-order valence-corrected chi connectivity index (χ3v) is 7.40. The number of rotatable bonds is 5. The first kappa shape index (κ1) is 24.5. The van der Waals surface area contributed by atoms with Crippen molar-refractivity contribution in [2.75, 3.05) is 19.6 Å². The Morgan fingerprint density at radius 2 is 1.69 bits per heavy atom. The van der Waals surface area contributed by atoms with Crippen molar-refractivity contribution >= 4 is 5.91 Å². The van der Waals surface area contributed by atoms with Crippen LogP contribution < -0.4 is 0 Å². The molecule has 0 spiro atoms. The molecule has 6 nitrogen and oxygen atoms in total. The molecule has 2 fully saturated rings. The molecule has 9 heteroatoms. The van der Waals surface area contributed by atoms with Gasteiger partial charge in [-0.05, 0) is 80.6 Å². The van der Waals surface area contributed by atoms with Crippen LogP contribution in [0.2, 0.25) is 0 Å². The lowest BCUT2D eigenvalue weighted by molar-refractivity contribution is -0.141. The molecule has 2 aliphatic heterocycles. The fourth-order valence-electron chi connectivity index (χ4n) is 5.43. The number of aromatic amines is 1. The molecule has 190 valence electrons. The summed E-state index contributed by atoms with van der Waals surface area (Å²) in [5.41, 5.74) is 2.76. The predicted octanol–water partition coefficient (Wildman–Crippen LogP) is 5.46. The largest absolute Gasteiger partial charge is 0.416 e. The predicted molar refractivity (Wildman–Crippen MR) is 130 cm³/mol. The smallest absolute Gasteiger partial charge is 0.334 e. The van der Waals surface area contributed by atoms with Crippen LogP contribution in [0.15, 0.2) is 55.0 Å². The molecule has 1 atom stereocenters. The van der Waals surface area contributed by atoms with Crippen molar-refractivity contribution in [1.82, 2.24) is 25.0 Å². The molecule has 2 aromatic heterocycles. The molecule has 0 radical (unpaired) electrons. The van der Waals surface area contributed by atoms with Gasteiger partial charge < -0.3 is 4.90 Å². The van der Waals surface area contributed by atoms with Gasteiger partial charge in [-0.3, -0.25) is 19.8 Å². The first-order valence-corrected chi connectivity index (χ1v) is 12.5. The van der Waals surface area contributed by atoms with E-state index in [0.717, 1.165) is 75.1 Å². The van der Waals surface area contributed by atoms with Gasteiger partial charge >= 0.3 is 6.18 Å². The van der Waals surface area contributed by atoms with Crippen LogP contribution in [0.1, 0.15) is 55.0 Å². The highest BCUT2D eigenvalue weighted by atomic mass is 19.4. The Hall–Kier alpha value is -3.20. The summed E-state index contributed by atoms with van der Waals surface area (Å²) in [6, 6.07) is 9.03. The van der Waals surface area contributed by atoms with Crippen LogP contribution in [-0.2, 0) is 17.5 Å². The van der Waals surface area contributed by atoms with Gasteiger partial charge in [0.25, 0.3) is 0 Å². The molecular weight excluding hydrogens is 467 g/mol. The molecule has 0 bridgehead atoms. The molecular formula is C27H30F3N5O. The number of piperidine rings is 2. The average molecular weight is 498 g/mol. The molecule has 2 saturated heterocycles. The van der Waals surface area contributed by atoms with Crippen molar-refractivity contribution in [2.45, 2.75) is 50.9 Å². The summed E-state index contributed by atoms with van der Waals surface area (Å²) < 4.78 is 39.0. The van der Waals surface area contributed by atoms with Gasteiger partial charge in [-0.1, -0.05) is 12.1 Å². The number of hydrogen-bond acceptors (Lipinski definition) is 4. The van der Waals surface area contributed by atoms with E-state index in [1.165, 1.54) is 17.7 Å². The van der Waals surface area contributed by atoms with Crippen LogP contribution >= 0.6 is 0 Å². The van der Waals surface area contributed by atoms with E-state index in [1.807, 2.05) is 17.0 Å². The quantitative estimate of drug-likeness (QED) is 0.509. The van der Waals surface area contributed by atoms with Crippen LogP contribution in [-0.4, -0.2) is 50.5 Å². The third-order valence-electron chi connectivity index (χ3n) is 7.40. The van der Waals surface area contributed by atoms with E-state index in [1.54, 1.807) is 18.6 Å². The first-order valence-electron chi connectivity index (χ1n) is 12.5. The van der Waals surface area contributed by atoms with E-state index in [2.05, 4.69) is 20.1 Å². The summed E-state index contributed by atoms with van der Waals surface area (Å²) in [6.07, 6.45) is 5.27. The summed E-state index contributed by atoms with van der Waals surface area (Å²) in [5.74, 6) is 0.160. The Morgan fingerprint density at radius 3 is 2.39 bits per heavy atom. The minimum absolute atomic E-state index is 0.0169. The molecule has 1 N–H and O–H groups in total. The number of pyridine rings is 1. The summed E-state index contributed by atoms with van der Waals surface area (Å²) in [4.78, 5) is 22.1. The SMILES string of the molecule is O=C(C1CCN(Cc2ccncc2)CC1)N1CCCC[C@H]1c1[nH]ncc1-c1ccc(C(F)(F)F)cc1. The number of alkyl halides is 3. The van der Waals surface area contributed by atoms with E-state index in [9.17, 15) is 18.0 Å². The normalized spacial score (nSPS) is 20.0. The lowest BCUT2D eigenvalue weighted by Crippen LogP contribution is -2.45. The zero-order valence-corrected chi connectivity index (χ0v) is 20.0. The topological polar surface area (TPSA) is 65.1 Å². The minimum Gasteiger partial charge on any atom is -0.334 e. The van der Waals surface area contributed by atoms with Gasteiger partial charge in [0.2, 0.25) is 5.91 Å². The van der Waals surface area contributed by atoms with Crippen molar-refractivity contribution in [1.29, 1.82) is 0 Å². The second kappa shape index (κ2) is 10.4. The minimum atomic E-state index is -4.38. The second-order valence-corrected chi connectivity index (χ2v) is 9.72. The number of aromatic nitrogens is 3. The number of hydrogen-bond donors (Lipinski definition) is 1. The van der Waals surface area contributed by atoms with Crippen LogP contribution in [0.4, 0.5) is 13.2 Å². The van der Waals surface area contributed by atoms with Gasteiger partial charge in [0, 0.05) is 37.0 Å². The maximum atomic E-state index is 13.7. The average Bonchev–Trinajstić information content (AvgIpc) is 3.39. The Balaban J connectivity index is 1.28. The Morgan fingerprint density at radius 1 is 0.972 bits per heavy atom. The first-order chi connectivity index (χ1) is 17.4. The summed E-state index contributed by atoms with van der Waals surface area (Å²) in [5, 5.41) is 7.27. The van der Waals surface area contributed by atoms with Crippen molar-refractivity contribution in [3.8, 4) is 11.1 Å². The molecule has 0 unspecified atom stereocenters. The van der Waals surface area contributed by atoms with Crippen molar-refractivity contribution in [3.05, 3.63) is 71.8 Å². The van der Waals surface area contributed by atoms with Crippen molar-refractivity contribution in [2.24, 2.45) is 5.92 Å². The molecule has 36 heavy (non-hydrogen) atoms. The zero-order valence-electron chi connectivity index (χ0n) is 20.0. The van der Waals surface area contributed by atoms with E-state index in [0.29, 0.717) is 12.1 Å². The van der Waals surface area contributed by atoms with Gasteiger partial charge in [0.15, 0.2) is 0 Å². The fraction of sp³-hybridized carbons (Fsp3) is 0.444. The van der Waals surface area contributed by atoms with Crippen LogP contribution in [0.25, 0.3) is 11.1 Å². The molecule has 0 aliphatic carbocycles. The maximum absolute atomic E-state index is 13.7. The number of likely N-dealkylation sites (tertiary alicyclic amines) is 2. The van der Waals surface area contributed by atoms with Crippen molar-refractivity contribution in [3.63, 3.8) is 0 Å². The number of nitrogens with zero attached hydrogens (tertiary/aromatic N) is 4. The van der Waals surface area contributed by atoms with Crippen LogP contribution in [0, 0.1) is 5.92 Å². The van der Waals surface area contributed by atoms with Gasteiger partial charge in [-0.15, -0.1) is 0 Å². The molecule has 4 heterocycles. The number of carbonyl (C=O) groups is 1.